The quantitative estimate of drug-likeness (QED) is 0.413. The zero-order valence-corrected chi connectivity index (χ0v) is 21.7. The monoisotopic (exact) mass is 510 g/mol. The van der Waals surface area contributed by atoms with Gasteiger partial charge in [-0.05, 0) is 80.5 Å². The minimum absolute atomic E-state index is 0.159. The second kappa shape index (κ2) is 10.8. The summed E-state index contributed by atoms with van der Waals surface area (Å²) in [6, 6.07) is 22.1. The van der Waals surface area contributed by atoms with Crippen LogP contribution in [0.25, 0.3) is 0 Å². The molecule has 5 nitrogen and oxygen atoms in total. The molecular weight excluding hydrogens is 480 g/mol. The average molecular weight is 511 g/mol. The van der Waals surface area contributed by atoms with Gasteiger partial charge in [-0.15, -0.1) is 0 Å². The molecule has 1 saturated heterocycles. The lowest BCUT2D eigenvalue weighted by molar-refractivity contribution is -0.130. The highest BCUT2D eigenvalue weighted by Gasteiger charge is 2.31. The van der Waals surface area contributed by atoms with Crippen LogP contribution in [0.2, 0.25) is 5.02 Å². The molecule has 1 amide bonds. The van der Waals surface area contributed by atoms with Crippen molar-refractivity contribution < 1.29 is 13.2 Å². The van der Waals surface area contributed by atoms with Crippen molar-refractivity contribution in [1.82, 2.24) is 4.90 Å². The molecule has 0 unspecified atom stereocenters. The number of sulfonamides is 1. The lowest BCUT2D eigenvalue weighted by atomic mass is 9.90. The number of carbonyl (C=O) groups excluding carboxylic acids is 1. The number of rotatable bonds is 7. The SMILES string of the molecule is Cc1ccc(S(=O)(=O)N(CC(=O)N2CCC(Cc3ccccc3)CC2)c2ccc(Cl)cc2C)cc1. The molecule has 0 spiro atoms. The molecule has 0 radical (unpaired) electrons. The predicted octanol–water partition coefficient (Wildman–Crippen LogP) is 5.63. The largest absolute Gasteiger partial charge is 0.341 e. The van der Waals surface area contributed by atoms with Gasteiger partial charge < -0.3 is 4.90 Å². The lowest BCUT2D eigenvalue weighted by Crippen LogP contribution is -2.46. The third-order valence-electron chi connectivity index (χ3n) is 6.65. The second-order valence-electron chi connectivity index (χ2n) is 9.27. The van der Waals surface area contributed by atoms with E-state index in [0.29, 0.717) is 35.3 Å². The van der Waals surface area contributed by atoms with Crippen molar-refractivity contribution in [3.8, 4) is 0 Å². The fraction of sp³-hybridized carbons (Fsp3) is 0.321. The predicted molar refractivity (Wildman–Crippen MR) is 141 cm³/mol. The number of hydrogen-bond donors (Lipinski definition) is 0. The Balaban J connectivity index is 1.52. The molecule has 4 rings (SSSR count). The smallest absolute Gasteiger partial charge is 0.264 e. The molecule has 0 N–H and O–H groups in total. The zero-order chi connectivity index (χ0) is 25.0. The first-order chi connectivity index (χ1) is 16.7. The number of halogens is 1. The third kappa shape index (κ3) is 6.06. The van der Waals surface area contributed by atoms with E-state index in [1.165, 1.54) is 9.87 Å². The van der Waals surface area contributed by atoms with Gasteiger partial charge in [-0.1, -0.05) is 59.6 Å². The van der Waals surface area contributed by atoms with Gasteiger partial charge in [0.15, 0.2) is 0 Å². The first-order valence-corrected chi connectivity index (χ1v) is 13.7. The van der Waals surface area contributed by atoms with Gasteiger partial charge in [0.05, 0.1) is 10.6 Å². The third-order valence-corrected chi connectivity index (χ3v) is 8.66. The van der Waals surface area contributed by atoms with Crippen LogP contribution < -0.4 is 4.31 Å². The summed E-state index contributed by atoms with van der Waals surface area (Å²) in [5.74, 6) is 0.334. The Morgan fingerprint density at radius 1 is 0.971 bits per heavy atom. The molecule has 3 aromatic rings. The summed E-state index contributed by atoms with van der Waals surface area (Å²) in [7, 11) is -3.95. The van der Waals surface area contributed by atoms with Crippen LogP contribution in [0.15, 0.2) is 77.7 Å². The maximum absolute atomic E-state index is 13.7. The molecule has 35 heavy (non-hydrogen) atoms. The first kappa shape index (κ1) is 25.3. The fourth-order valence-corrected chi connectivity index (χ4v) is 6.30. The summed E-state index contributed by atoms with van der Waals surface area (Å²) >= 11 is 6.13. The highest BCUT2D eigenvalue weighted by atomic mass is 35.5. The van der Waals surface area contributed by atoms with E-state index in [1.807, 2.05) is 13.0 Å². The molecule has 0 bridgehead atoms. The molecule has 0 atom stereocenters. The van der Waals surface area contributed by atoms with Crippen LogP contribution in [0.5, 0.6) is 0 Å². The number of benzene rings is 3. The topological polar surface area (TPSA) is 57.7 Å². The van der Waals surface area contributed by atoms with Gasteiger partial charge in [-0.3, -0.25) is 9.10 Å². The highest BCUT2D eigenvalue weighted by molar-refractivity contribution is 7.92. The second-order valence-corrected chi connectivity index (χ2v) is 11.6. The Bertz CT molecular complexity index is 1270. The molecule has 1 aliphatic rings. The van der Waals surface area contributed by atoms with Crippen LogP contribution in [0.1, 0.15) is 29.5 Å². The van der Waals surface area contributed by atoms with Gasteiger partial charge in [0.1, 0.15) is 6.54 Å². The summed E-state index contributed by atoms with van der Waals surface area (Å²) in [4.78, 5) is 15.3. The molecule has 1 heterocycles. The summed E-state index contributed by atoms with van der Waals surface area (Å²) in [5.41, 5.74) is 3.43. The molecule has 0 aliphatic carbocycles. The Morgan fingerprint density at radius 3 is 2.26 bits per heavy atom. The minimum atomic E-state index is -3.95. The number of nitrogens with zero attached hydrogens (tertiary/aromatic N) is 2. The first-order valence-electron chi connectivity index (χ1n) is 11.9. The van der Waals surface area contributed by atoms with E-state index >= 15 is 0 Å². The van der Waals surface area contributed by atoms with E-state index in [1.54, 1.807) is 54.3 Å². The lowest BCUT2D eigenvalue weighted by Gasteiger charge is -2.34. The van der Waals surface area contributed by atoms with Gasteiger partial charge in [0.2, 0.25) is 5.91 Å². The zero-order valence-electron chi connectivity index (χ0n) is 20.2. The maximum atomic E-state index is 13.7. The Hall–Kier alpha value is -2.83. The van der Waals surface area contributed by atoms with Gasteiger partial charge >= 0.3 is 0 Å². The molecular formula is C28H31ClN2O3S. The maximum Gasteiger partial charge on any atom is 0.264 e. The molecule has 7 heteroatoms. The van der Waals surface area contributed by atoms with E-state index in [2.05, 4.69) is 24.3 Å². The van der Waals surface area contributed by atoms with E-state index in [4.69, 9.17) is 11.6 Å². The number of likely N-dealkylation sites (tertiary alicyclic amines) is 1. The van der Waals surface area contributed by atoms with Crippen molar-refractivity contribution in [1.29, 1.82) is 0 Å². The van der Waals surface area contributed by atoms with Crippen molar-refractivity contribution in [3.63, 3.8) is 0 Å². The Kier molecular flexibility index (Phi) is 7.82. The van der Waals surface area contributed by atoms with Crippen LogP contribution in [0.3, 0.4) is 0 Å². The number of anilines is 1. The summed E-state index contributed by atoms with van der Waals surface area (Å²) in [6.45, 7) is 4.73. The molecule has 0 saturated carbocycles. The van der Waals surface area contributed by atoms with Crippen molar-refractivity contribution in [2.24, 2.45) is 5.92 Å². The standard InChI is InChI=1S/C28H31ClN2O3S/c1-21-8-11-26(12-9-21)35(33,34)31(27-13-10-25(29)18-22(27)2)20-28(32)30-16-14-24(15-17-30)19-23-6-4-3-5-7-23/h3-13,18,24H,14-17,19-20H2,1-2H3. The van der Waals surface area contributed by atoms with Crippen molar-refractivity contribution >= 4 is 33.2 Å². The highest BCUT2D eigenvalue weighted by Crippen LogP contribution is 2.30. The van der Waals surface area contributed by atoms with E-state index in [0.717, 1.165) is 24.8 Å². The Morgan fingerprint density at radius 2 is 1.63 bits per heavy atom. The van der Waals surface area contributed by atoms with Crippen molar-refractivity contribution in [3.05, 3.63) is 94.5 Å². The minimum Gasteiger partial charge on any atom is -0.341 e. The van der Waals surface area contributed by atoms with Gasteiger partial charge in [0, 0.05) is 18.1 Å². The van der Waals surface area contributed by atoms with Crippen LogP contribution >= 0.6 is 11.6 Å². The van der Waals surface area contributed by atoms with Gasteiger partial charge in [-0.2, -0.15) is 0 Å². The number of aryl methyl sites for hydroxylation is 2. The van der Waals surface area contributed by atoms with E-state index < -0.39 is 10.0 Å². The van der Waals surface area contributed by atoms with E-state index in [9.17, 15) is 13.2 Å². The van der Waals surface area contributed by atoms with E-state index in [-0.39, 0.29) is 17.3 Å². The van der Waals surface area contributed by atoms with Crippen LogP contribution in [-0.2, 0) is 21.2 Å². The molecule has 0 aromatic heterocycles. The van der Waals surface area contributed by atoms with Crippen LogP contribution in [0.4, 0.5) is 5.69 Å². The molecule has 1 aliphatic heterocycles. The van der Waals surface area contributed by atoms with Gasteiger partial charge in [0.25, 0.3) is 10.0 Å². The number of hydrogen-bond acceptors (Lipinski definition) is 3. The number of carbonyl (C=O) groups is 1. The number of piperidine rings is 1. The average Bonchev–Trinajstić information content (AvgIpc) is 2.84. The summed E-state index contributed by atoms with van der Waals surface area (Å²) in [6.07, 6.45) is 2.82. The summed E-state index contributed by atoms with van der Waals surface area (Å²) < 4.78 is 28.6. The van der Waals surface area contributed by atoms with Crippen molar-refractivity contribution in [2.75, 3.05) is 23.9 Å². The number of amides is 1. The fourth-order valence-electron chi connectivity index (χ4n) is 4.59. The Labute approximate surface area is 213 Å². The normalized spacial score (nSPS) is 14.7. The molecule has 184 valence electrons. The summed E-state index contributed by atoms with van der Waals surface area (Å²) in [5, 5.41) is 0.519. The van der Waals surface area contributed by atoms with Crippen molar-refractivity contribution in [2.45, 2.75) is 38.0 Å². The van der Waals surface area contributed by atoms with Crippen LogP contribution in [-0.4, -0.2) is 38.9 Å². The van der Waals surface area contributed by atoms with Gasteiger partial charge in [-0.25, -0.2) is 8.42 Å². The molecule has 1 fully saturated rings. The molecule has 3 aromatic carbocycles. The van der Waals surface area contributed by atoms with Crippen LogP contribution in [0, 0.1) is 19.8 Å².